The molecule has 2 saturated heterocycles. The molecule has 4 rings (SSSR count). The van der Waals surface area contributed by atoms with E-state index in [-0.39, 0.29) is 11.8 Å². The Morgan fingerprint density at radius 3 is 2.29 bits per heavy atom. The van der Waals surface area contributed by atoms with E-state index in [1.54, 1.807) is 32.4 Å². The van der Waals surface area contributed by atoms with Crippen molar-refractivity contribution in [2.24, 2.45) is 0 Å². The van der Waals surface area contributed by atoms with Gasteiger partial charge in [0.1, 0.15) is 17.0 Å². The van der Waals surface area contributed by atoms with Crippen LogP contribution in [0.5, 0.6) is 11.5 Å². The molecule has 146 valence electrons. The van der Waals surface area contributed by atoms with E-state index in [1.807, 2.05) is 37.4 Å². The molecule has 0 aromatic heterocycles. The number of hydrogen-bond donors (Lipinski definition) is 1. The average molecular weight is 381 g/mol. The predicted octanol–water partition coefficient (Wildman–Crippen LogP) is 2.23. The molecule has 2 aliphatic heterocycles. The minimum absolute atomic E-state index is 0.230. The van der Waals surface area contributed by atoms with E-state index in [1.165, 1.54) is 4.90 Å². The number of nitrogens with zero attached hydrogens (tertiary/aromatic N) is 2. The molecule has 28 heavy (non-hydrogen) atoms. The number of amides is 3. The van der Waals surface area contributed by atoms with Gasteiger partial charge in [-0.25, -0.2) is 9.69 Å². The van der Waals surface area contributed by atoms with Crippen LogP contribution in [0.15, 0.2) is 48.5 Å². The smallest absolute Gasteiger partial charge is 0.329 e. The van der Waals surface area contributed by atoms with Crippen molar-refractivity contribution in [2.45, 2.75) is 11.5 Å². The molecule has 2 fully saturated rings. The summed E-state index contributed by atoms with van der Waals surface area (Å²) in [6.45, 7) is 1.07. The highest BCUT2D eigenvalue weighted by atomic mass is 16.5. The van der Waals surface area contributed by atoms with E-state index in [2.05, 4.69) is 10.2 Å². The summed E-state index contributed by atoms with van der Waals surface area (Å²) in [4.78, 5) is 29.6. The molecule has 2 heterocycles. The molecule has 7 heteroatoms. The van der Waals surface area contributed by atoms with Crippen LogP contribution >= 0.6 is 0 Å². The molecule has 2 atom stereocenters. The zero-order valence-electron chi connectivity index (χ0n) is 16.1. The first-order chi connectivity index (χ1) is 13.5. The minimum atomic E-state index is -1.03. The van der Waals surface area contributed by atoms with E-state index in [0.717, 1.165) is 5.56 Å². The fourth-order valence-electron chi connectivity index (χ4n) is 4.24. The number of imide groups is 1. The number of benzene rings is 2. The van der Waals surface area contributed by atoms with Crippen LogP contribution in [0.3, 0.4) is 0 Å². The first-order valence-corrected chi connectivity index (χ1v) is 9.12. The Morgan fingerprint density at radius 1 is 1.04 bits per heavy atom. The van der Waals surface area contributed by atoms with Crippen LogP contribution < -0.4 is 19.7 Å². The molecule has 2 aromatic carbocycles. The number of para-hydroxylation sites is 1. The number of rotatable bonds is 4. The van der Waals surface area contributed by atoms with Crippen molar-refractivity contribution in [1.29, 1.82) is 0 Å². The number of ether oxygens (including phenoxy) is 2. The Hall–Kier alpha value is -3.06. The van der Waals surface area contributed by atoms with Crippen molar-refractivity contribution in [3.8, 4) is 11.5 Å². The van der Waals surface area contributed by atoms with Crippen molar-refractivity contribution in [2.75, 3.05) is 39.3 Å². The normalized spacial score (nSPS) is 24.7. The average Bonchev–Trinajstić information content (AvgIpc) is 3.17. The van der Waals surface area contributed by atoms with Gasteiger partial charge in [0.05, 0.1) is 19.9 Å². The van der Waals surface area contributed by atoms with Crippen LogP contribution in [0, 0.1) is 0 Å². The van der Waals surface area contributed by atoms with Gasteiger partial charge in [-0.2, -0.15) is 0 Å². The number of anilines is 1. The highest BCUT2D eigenvalue weighted by Crippen LogP contribution is 2.42. The van der Waals surface area contributed by atoms with Gasteiger partial charge in [-0.15, -0.1) is 0 Å². The Labute approximate surface area is 163 Å². The Balaban J connectivity index is 1.78. The Bertz CT molecular complexity index is 895. The standard InChI is InChI=1S/C21H23N3O4/c1-23-12-18(14-9-16(27-2)11-17(10-14)28-3)21(13-23)19(25)24(20(26)22-21)15-7-5-4-6-8-15/h4-11,18H,12-13H2,1-3H3,(H,22,26)/t18-,21+/m1/s1. The highest BCUT2D eigenvalue weighted by Gasteiger charge is 2.60. The van der Waals surface area contributed by atoms with Gasteiger partial charge < -0.3 is 19.7 Å². The zero-order valence-corrected chi connectivity index (χ0v) is 16.1. The van der Waals surface area contributed by atoms with Crippen LogP contribution in [-0.2, 0) is 4.79 Å². The number of nitrogens with one attached hydrogen (secondary N) is 1. The van der Waals surface area contributed by atoms with Gasteiger partial charge in [-0.3, -0.25) is 4.79 Å². The fourth-order valence-corrected chi connectivity index (χ4v) is 4.24. The third kappa shape index (κ3) is 2.79. The maximum atomic E-state index is 13.5. The molecular weight excluding hydrogens is 358 g/mol. The number of likely N-dealkylation sites (N-methyl/N-ethyl adjacent to an activating group) is 1. The summed E-state index contributed by atoms with van der Waals surface area (Å²) in [6, 6.07) is 14.2. The van der Waals surface area contributed by atoms with Crippen molar-refractivity contribution >= 4 is 17.6 Å². The second-order valence-electron chi connectivity index (χ2n) is 7.27. The molecule has 0 saturated carbocycles. The second kappa shape index (κ2) is 6.83. The summed E-state index contributed by atoms with van der Waals surface area (Å²) in [6.07, 6.45) is 0. The number of urea groups is 1. The molecule has 2 aliphatic rings. The number of carbonyl (C=O) groups excluding carboxylic acids is 2. The van der Waals surface area contributed by atoms with Gasteiger partial charge in [0, 0.05) is 25.1 Å². The van der Waals surface area contributed by atoms with Crippen LogP contribution in [0.25, 0.3) is 0 Å². The van der Waals surface area contributed by atoms with Crippen molar-refractivity contribution in [3.63, 3.8) is 0 Å². The summed E-state index contributed by atoms with van der Waals surface area (Å²) >= 11 is 0. The molecule has 0 unspecified atom stereocenters. The second-order valence-corrected chi connectivity index (χ2v) is 7.27. The molecule has 2 aromatic rings. The molecular formula is C21H23N3O4. The van der Waals surface area contributed by atoms with E-state index >= 15 is 0 Å². The maximum Gasteiger partial charge on any atom is 0.329 e. The first-order valence-electron chi connectivity index (χ1n) is 9.12. The van der Waals surface area contributed by atoms with E-state index < -0.39 is 11.6 Å². The lowest BCUT2D eigenvalue weighted by molar-refractivity contribution is -0.122. The monoisotopic (exact) mass is 381 g/mol. The zero-order chi connectivity index (χ0) is 19.9. The fraction of sp³-hybridized carbons (Fsp3) is 0.333. The maximum absolute atomic E-state index is 13.5. The molecule has 1 N–H and O–H groups in total. The quantitative estimate of drug-likeness (QED) is 0.823. The van der Waals surface area contributed by atoms with Gasteiger partial charge in [0.2, 0.25) is 0 Å². The lowest BCUT2D eigenvalue weighted by atomic mass is 9.81. The molecule has 0 radical (unpaired) electrons. The third-order valence-corrected chi connectivity index (χ3v) is 5.52. The topological polar surface area (TPSA) is 71.1 Å². The molecule has 0 aliphatic carbocycles. The predicted molar refractivity (Wildman–Crippen MR) is 105 cm³/mol. The molecule has 7 nitrogen and oxygen atoms in total. The lowest BCUT2D eigenvalue weighted by Crippen LogP contribution is -2.52. The summed E-state index contributed by atoms with van der Waals surface area (Å²) in [5.41, 5.74) is 0.432. The van der Waals surface area contributed by atoms with Gasteiger partial charge in [-0.1, -0.05) is 18.2 Å². The van der Waals surface area contributed by atoms with E-state index in [0.29, 0.717) is 30.3 Å². The Morgan fingerprint density at radius 2 is 1.68 bits per heavy atom. The third-order valence-electron chi connectivity index (χ3n) is 5.52. The van der Waals surface area contributed by atoms with E-state index in [4.69, 9.17) is 9.47 Å². The summed E-state index contributed by atoms with van der Waals surface area (Å²) in [5, 5.41) is 3.00. The molecule has 1 spiro atoms. The van der Waals surface area contributed by atoms with Gasteiger partial charge >= 0.3 is 6.03 Å². The molecule has 3 amide bonds. The lowest BCUT2D eigenvalue weighted by Gasteiger charge is -2.28. The highest BCUT2D eigenvalue weighted by molar-refractivity contribution is 6.24. The van der Waals surface area contributed by atoms with Crippen molar-refractivity contribution in [3.05, 3.63) is 54.1 Å². The largest absolute Gasteiger partial charge is 0.497 e. The van der Waals surface area contributed by atoms with Gasteiger partial charge in [0.15, 0.2) is 0 Å². The van der Waals surface area contributed by atoms with Crippen LogP contribution in [0.1, 0.15) is 11.5 Å². The van der Waals surface area contributed by atoms with Crippen molar-refractivity contribution < 1.29 is 19.1 Å². The number of methoxy groups -OCH3 is 2. The number of hydrogen-bond acceptors (Lipinski definition) is 5. The molecule has 0 bridgehead atoms. The first kappa shape index (κ1) is 18.3. The van der Waals surface area contributed by atoms with Crippen LogP contribution in [0.4, 0.5) is 10.5 Å². The summed E-state index contributed by atoms with van der Waals surface area (Å²) in [7, 11) is 5.13. The van der Waals surface area contributed by atoms with E-state index in [9.17, 15) is 9.59 Å². The van der Waals surface area contributed by atoms with Gasteiger partial charge in [-0.05, 0) is 36.9 Å². The van der Waals surface area contributed by atoms with Crippen LogP contribution in [-0.4, -0.2) is 56.7 Å². The Kier molecular flexibility index (Phi) is 4.47. The van der Waals surface area contributed by atoms with Gasteiger partial charge in [0.25, 0.3) is 5.91 Å². The minimum Gasteiger partial charge on any atom is -0.497 e. The summed E-state index contributed by atoms with van der Waals surface area (Å²) in [5.74, 6) is 0.831. The SMILES string of the molecule is COc1cc(OC)cc([C@H]2CN(C)C[C@]23NC(=O)N(c2ccccc2)C3=O)c1. The van der Waals surface area contributed by atoms with Crippen LogP contribution in [0.2, 0.25) is 0 Å². The number of carbonyl (C=O) groups is 2. The summed E-state index contributed by atoms with van der Waals surface area (Å²) < 4.78 is 10.8. The van der Waals surface area contributed by atoms with Crippen molar-refractivity contribution in [1.82, 2.24) is 10.2 Å². The number of likely N-dealkylation sites (tertiary alicyclic amines) is 1.